The fourth-order valence-corrected chi connectivity index (χ4v) is 5.80. The zero-order valence-corrected chi connectivity index (χ0v) is 21.6. The van der Waals surface area contributed by atoms with Crippen molar-refractivity contribution in [3.8, 4) is 11.5 Å². The van der Waals surface area contributed by atoms with Crippen molar-refractivity contribution < 1.29 is 33.4 Å². The van der Waals surface area contributed by atoms with Crippen LogP contribution in [0.15, 0.2) is 36.4 Å². The monoisotopic (exact) mass is 545 g/mol. The molecule has 0 spiro atoms. The minimum atomic E-state index is -0.858. The molecule has 1 heterocycles. The van der Waals surface area contributed by atoms with Crippen LogP contribution in [0.2, 0.25) is 5.02 Å². The van der Waals surface area contributed by atoms with Gasteiger partial charge in [-0.05, 0) is 61.9 Å². The maximum atomic E-state index is 13.6. The molecule has 3 N–H and O–H groups in total. The second-order valence-corrected chi connectivity index (χ2v) is 10.8. The maximum Gasteiger partial charge on any atom is 0.258 e. The van der Waals surface area contributed by atoms with Crippen LogP contribution in [0.1, 0.15) is 48.0 Å². The van der Waals surface area contributed by atoms with Crippen LogP contribution in [-0.2, 0) is 16.1 Å². The van der Waals surface area contributed by atoms with Crippen molar-refractivity contribution >= 4 is 29.3 Å². The molecule has 3 saturated carbocycles. The van der Waals surface area contributed by atoms with Crippen molar-refractivity contribution in [3.63, 3.8) is 0 Å². The summed E-state index contributed by atoms with van der Waals surface area (Å²) in [5.74, 6) is -0.841. The topological polar surface area (TPSA) is 117 Å². The van der Waals surface area contributed by atoms with Crippen LogP contribution < -0.4 is 20.1 Å². The van der Waals surface area contributed by atoms with Gasteiger partial charge in [0.05, 0.1) is 16.7 Å². The van der Waals surface area contributed by atoms with E-state index in [0.29, 0.717) is 50.0 Å². The Balaban J connectivity index is 1.12. The molecule has 202 valence electrons. The number of nitrogens with zero attached hydrogens (tertiary/aromatic N) is 1. The lowest BCUT2D eigenvalue weighted by Crippen LogP contribution is -2.70. The van der Waals surface area contributed by atoms with Crippen molar-refractivity contribution in [2.45, 2.75) is 55.8 Å². The van der Waals surface area contributed by atoms with Crippen LogP contribution in [0.5, 0.6) is 11.5 Å². The molecule has 38 heavy (non-hydrogen) atoms. The highest BCUT2D eigenvalue weighted by Crippen LogP contribution is 2.47. The van der Waals surface area contributed by atoms with Gasteiger partial charge < -0.3 is 30.1 Å². The summed E-state index contributed by atoms with van der Waals surface area (Å²) in [6.45, 7) is 0.00158. The number of hydrogen-bond donors (Lipinski definition) is 3. The lowest BCUT2D eigenvalue weighted by Gasteiger charge is -2.56. The van der Waals surface area contributed by atoms with E-state index >= 15 is 0 Å². The number of fused-ring (bicyclic) bond motifs is 4. The third-order valence-electron chi connectivity index (χ3n) is 7.81. The lowest BCUT2D eigenvalue weighted by atomic mass is 9.60. The highest BCUT2D eigenvalue weighted by Gasteiger charge is 2.55. The first-order valence-electron chi connectivity index (χ1n) is 12.5. The Labute approximate surface area is 224 Å². The molecule has 11 heteroatoms. The normalized spacial score (nSPS) is 25.6. The number of aliphatic hydroxyl groups is 1. The zero-order valence-electron chi connectivity index (χ0n) is 20.9. The molecule has 9 nitrogen and oxygen atoms in total. The lowest BCUT2D eigenvalue weighted by molar-refractivity contribution is -0.137. The van der Waals surface area contributed by atoms with Crippen molar-refractivity contribution in [2.24, 2.45) is 0 Å². The summed E-state index contributed by atoms with van der Waals surface area (Å²) in [7, 11) is 1.73. The predicted molar refractivity (Wildman–Crippen MR) is 135 cm³/mol. The summed E-state index contributed by atoms with van der Waals surface area (Å²) >= 11 is 5.66. The maximum absolute atomic E-state index is 13.6. The molecule has 4 aliphatic rings. The van der Waals surface area contributed by atoms with E-state index in [1.165, 1.54) is 12.1 Å². The van der Waals surface area contributed by atoms with Gasteiger partial charge in [-0.25, -0.2) is 4.39 Å². The van der Waals surface area contributed by atoms with E-state index in [2.05, 4.69) is 10.6 Å². The average molecular weight is 546 g/mol. The third-order valence-corrected chi connectivity index (χ3v) is 8.12. The van der Waals surface area contributed by atoms with Gasteiger partial charge in [-0.1, -0.05) is 17.7 Å². The van der Waals surface area contributed by atoms with Gasteiger partial charge in [0.15, 0.2) is 13.2 Å². The SMILES string of the molecule is CN1Cc2ccc(OCC(=O)NC34CCC(NC(=O)COc5ccc(Cl)c(F)c5)(CC3)[C@@H](O)C4)cc2C1=O. The molecule has 0 unspecified atom stereocenters. The van der Waals surface area contributed by atoms with Crippen LogP contribution in [0.4, 0.5) is 4.39 Å². The molecule has 3 aliphatic carbocycles. The second kappa shape index (κ2) is 10.1. The Morgan fingerprint density at radius 3 is 2.34 bits per heavy atom. The van der Waals surface area contributed by atoms with E-state index in [-0.39, 0.29) is 35.8 Å². The van der Waals surface area contributed by atoms with Crippen LogP contribution in [0.25, 0.3) is 0 Å². The largest absolute Gasteiger partial charge is 0.484 e. The minimum absolute atomic E-state index is 0.0388. The van der Waals surface area contributed by atoms with Crippen molar-refractivity contribution in [3.05, 3.63) is 58.4 Å². The van der Waals surface area contributed by atoms with E-state index in [1.54, 1.807) is 24.1 Å². The molecule has 0 aromatic heterocycles. The first kappa shape index (κ1) is 26.2. The molecule has 3 amide bonds. The molecule has 1 atom stereocenters. The number of hydrogen-bond acceptors (Lipinski definition) is 6. The highest BCUT2D eigenvalue weighted by molar-refractivity contribution is 6.30. The van der Waals surface area contributed by atoms with E-state index in [4.69, 9.17) is 21.1 Å². The summed E-state index contributed by atoms with van der Waals surface area (Å²) in [5.41, 5.74) is 0.113. The zero-order chi connectivity index (χ0) is 27.1. The second-order valence-electron chi connectivity index (χ2n) is 10.4. The van der Waals surface area contributed by atoms with Crippen LogP contribution in [0, 0.1) is 5.82 Å². The van der Waals surface area contributed by atoms with Gasteiger partial charge in [0, 0.05) is 30.8 Å². The van der Waals surface area contributed by atoms with Gasteiger partial charge in [-0.2, -0.15) is 0 Å². The summed E-state index contributed by atoms with van der Waals surface area (Å²) in [5, 5.41) is 16.8. The number of halogens is 2. The molecule has 1 aliphatic heterocycles. The van der Waals surface area contributed by atoms with E-state index in [0.717, 1.165) is 11.6 Å². The molecule has 6 rings (SSSR count). The number of carbonyl (C=O) groups is 3. The fourth-order valence-electron chi connectivity index (χ4n) is 5.69. The van der Waals surface area contributed by atoms with Crippen molar-refractivity contribution in [2.75, 3.05) is 20.3 Å². The van der Waals surface area contributed by atoms with Crippen molar-refractivity contribution in [1.29, 1.82) is 0 Å². The number of aliphatic hydroxyl groups excluding tert-OH is 1. The summed E-state index contributed by atoms with van der Waals surface area (Å²) in [6.07, 6.45) is 1.57. The summed E-state index contributed by atoms with van der Waals surface area (Å²) in [4.78, 5) is 39.1. The number of carbonyl (C=O) groups excluding carboxylic acids is 3. The van der Waals surface area contributed by atoms with Crippen molar-refractivity contribution in [1.82, 2.24) is 15.5 Å². The number of ether oxygens (including phenoxy) is 2. The molecule has 2 aromatic rings. The Morgan fingerprint density at radius 1 is 1.05 bits per heavy atom. The molecular formula is C27H29ClFN3O6. The van der Waals surface area contributed by atoms with E-state index in [9.17, 15) is 23.9 Å². The third kappa shape index (κ3) is 5.15. The Kier molecular flexibility index (Phi) is 6.96. The molecule has 0 saturated heterocycles. The number of nitrogens with one attached hydrogen (secondary N) is 2. The van der Waals surface area contributed by atoms with E-state index < -0.39 is 28.9 Å². The smallest absolute Gasteiger partial charge is 0.258 e. The fraction of sp³-hybridized carbons (Fsp3) is 0.444. The molecule has 3 fully saturated rings. The first-order valence-corrected chi connectivity index (χ1v) is 12.9. The van der Waals surface area contributed by atoms with Crippen LogP contribution in [0.3, 0.4) is 0 Å². The molecular weight excluding hydrogens is 517 g/mol. The molecule has 2 aromatic carbocycles. The molecule has 2 bridgehead atoms. The first-order chi connectivity index (χ1) is 18.1. The van der Waals surface area contributed by atoms with Gasteiger partial charge in [0.25, 0.3) is 17.7 Å². The van der Waals surface area contributed by atoms with Gasteiger partial charge >= 0.3 is 0 Å². The Hall–Kier alpha value is -3.37. The Morgan fingerprint density at radius 2 is 1.68 bits per heavy atom. The standard InChI is InChI=1S/C27H29ClFN3O6/c1-32-13-16-2-3-17(10-19(16)25(32)36)37-14-23(34)30-26-6-8-27(9-7-26,22(33)12-26)31-24(35)15-38-18-4-5-20(28)21(29)11-18/h2-5,10-11,22,33H,6-9,12-15H2,1H3,(H,30,34)(H,31,35)/t22-,26?,27?/m0/s1. The van der Waals surface area contributed by atoms with Crippen LogP contribution >= 0.6 is 11.6 Å². The van der Waals surface area contributed by atoms with Gasteiger partial charge in [-0.15, -0.1) is 0 Å². The number of benzene rings is 2. The summed E-state index contributed by atoms with van der Waals surface area (Å²) in [6, 6.07) is 9.14. The predicted octanol–water partition coefficient (Wildman–Crippen LogP) is 2.57. The van der Waals surface area contributed by atoms with Gasteiger partial charge in [-0.3, -0.25) is 14.4 Å². The van der Waals surface area contributed by atoms with Crippen LogP contribution in [-0.4, -0.2) is 65.2 Å². The molecule has 0 radical (unpaired) electrons. The number of rotatable bonds is 8. The average Bonchev–Trinajstić information content (AvgIpc) is 3.17. The van der Waals surface area contributed by atoms with Gasteiger partial charge in [0.1, 0.15) is 17.3 Å². The Bertz CT molecular complexity index is 1280. The van der Waals surface area contributed by atoms with Gasteiger partial charge in [0.2, 0.25) is 0 Å². The number of amides is 3. The minimum Gasteiger partial charge on any atom is -0.484 e. The highest BCUT2D eigenvalue weighted by atomic mass is 35.5. The summed E-state index contributed by atoms with van der Waals surface area (Å²) < 4.78 is 24.6. The van der Waals surface area contributed by atoms with E-state index in [1.807, 2.05) is 6.07 Å². The quantitative estimate of drug-likeness (QED) is 0.469.